The Hall–Kier alpha value is -1.59. The maximum Gasteiger partial charge on any atom is 0.191 e. The van der Waals surface area contributed by atoms with Crippen LogP contribution in [0.3, 0.4) is 0 Å². The van der Waals surface area contributed by atoms with E-state index in [0.29, 0.717) is 11.3 Å². The fourth-order valence-electron chi connectivity index (χ4n) is 4.86. The van der Waals surface area contributed by atoms with E-state index in [1.54, 1.807) is 7.11 Å². The zero-order valence-corrected chi connectivity index (χ0v) is 18.5. The molecule has 0 spiro atoms. The molecule has 1 heterocycles. The fraction of sp³-hybridized carbons (Fsp3) is 0.708. The Labute approximate surface area is 176 Å². The van der Waals surface area contributed by atoms with Crippen molar-refractivity contribution < 1.29 is 9.47 Å². The van der Waals surface area contributed by atoms with Gasteiger partial charge < -0.3 is 20.1 Å². The van der Waals surface area contributed by atoms with Crippen molar-refractivity contribution in [2.75, 3.05) is 40.5 Å². The topological polar surface area (TPSA) is 54.9 Å². The number of benzene rings is 1. The van der Waals surface area contributed by atoms with Gasteiger partial charge in [0.25, 0.3) is 0 Å². The van der Waals surface area contributed by atoms with Gasteiger partial charge in [0.1, 0.15) is 0 Å². The molecule has 1 aromatic carbocycles. The fourth-order valence-corrected chi connectivity index (χ4v) is 4.86. The van der Waals surface area contributed by atoms with Gasteiger partial charge in [0.2, 0.25) is 0 Å². The molecule has 0 radical (unpaired) electrons. The molecule has 2 N–H and O–H groups in total. The van der Waals surface area contributed by atoms with Gasteiger partial charge in [-0.1, -0.05) is 42.7 Å². The minimum Gasteiger partial charge on any atom is -0.385 e. The van der Waals surface area contributed by atoms with Gasteiger partial charge in [-0.25, -0.2) is 0 Å². The number of nitrogens with one attached hydrogen (secondary N) is 2. The van der Waals surface area contributed by atoms with E-state index in [1.165, 1.54) is 43.2 Å². The molecule has 1 aliphatic heterocycles. The van der Waals surface area contributed by atoms with Gasteiger partial charge >= 0.3 is 0 Å². The van der Waals surface area contributed by atoms with Crippen molar-refractivity contribution in [1.29, 1.82) is 0 Å². The maximum atomic E-state index is 6.17. The van der Waals surface area contributed by atoms with E-state index in [0.717, 1.165) is 45.1 Å². The van der Waals surface area contributed by atoms with Gasteiger partial charge in [-0.3, -0.25) is 4.99 Å². The van der Waals surface area contributed by atoms with E-state index in [4.69, 9.17) is 9.47 Å². The zero-order chi connectivity index (χ0) is 20.5. The summed E-state index contributed by atoms with van der Waals surface area (Å²) in [6.07, 6.45) is 8.82. The van der Waals surface area contributed by atoms with Crippen LogP contribution >= 0.6 is 0 Å². The lowest BCUT2D eigenvalue weighted by Gasteiger charge is -2.33. The van der Waals surface area contributed by atoms with Crippen molar-refractivity contribution in [3.63, 3.8) is 0 Å². The summed E-state index contributed by atoms with van der Waals surface area (Å²) in [6, 6.07) is 8.79. The van der Waals surface area contributed by atoms with Crippen molar-refractivity contribution in [3.8, 4) is 0 Å². The van der Waals surface area contributed by atoms with Gasteiger partial charge in [0, 0.05) is 46.4 Å². The summed E-state index contributed by atoms with van der Waals surface area (Å²) >= 11 is 0. The average Bonchev–Trinajstić information content (AvgIpc) is 3.22. The number of aliphatic imine (C=N–C) groups is 1. The van der Waals surface area contributed by atoms with Crippen LogP contribution < -0.4 is 10.6 Å². The Bertz CT molecular complexity index is 638. The molecule has 1 aromatic rings. The molecule has 2 unspecified atom stereocenters. The first-order valence-electron chi connectivity index (χ1n) is 11.3. The highest BCUT2D eigenvalue weighted by molar-refractivity contribution is 5.79. The van der Waals surface area contributed by atoms with Crippen LogP contribution in [-0.4, -0.2) is 46.4 Å². The molecular weight excluding hydrogens is 362 g/mol. The van der Waals surface area contributed by atoms with Crippen molar-refractivity contribution in [2.24, 2.45) is 16.3 Å². The molecule has 5 nitrogen and oxygen atoms in total. The standard InChI is InChI=1S/C24H39N3O2/c1-19-8-10-20(11-9-19)22-21(7-6-15-29-22)17-26-23(25-2)27-18-24(14-16-28-3)12-4-5-13-24/h8-11,21-22H,4-7,12-18H2,1-3H3,(H2,25,26,27). The Kier molecular flexibility index (Phi) is 8.37. The number of ether oxygens (including phenoxy) is 2. The quantitative estimate of drug-likeness (QED) is 0.506. The third-order valence-corrected chi connectivity index (χ3v) is 6.74. The molecule has 5 heteroatoms. The summed E-state index contributed by atoms with van der Waals surface area (Å²) in [6.45, 7) is 5.67. The van der Waals surface area contributed by atoms with Crippen LogP contribution in [0.2, 0.25) is 0 Å². The monoisotopic (exact) mass is 401 g/mol. The average molecular weight is 402 g/mol. The number of hydrogen-bond donors (Lipinski definition) is 2. The lowest BCUT2D eigenvalue weighted by atomic mass is 9.83. The Morgan fingerprint density at radius 1 is 1.17 bits per heavy atom. The van der Waals surface area contributed by atoms with Crippen LogP contribution in [0.1, 0.15) is 62.2 Å². The maximum absolute atomic E-state index is 6.17. The van der Waals surface area contributed by atoms with Crippen LogP contribution in [0.4, 0.5) is 0 Å². The first kappa shape index (κ1) is 22.1. The molecule has 0 amide bonds. The molecule has 29 heavy (non-hydrogen) atoms. The predicted octanol–water partition coefficient (Wildman–Crippen LogP) is 4.22. The second kappa shape index (κ2) is 11.0. The van der Waals surface area contributed by atoms with Crippen molar-refractivity contribution >= 4 is 5.96 Å². The third kappa shape index (κ3) is 6.19. The SMILES string of the molecule is CN=C(NCC1CCCOC1c1ccc(C)cc1)NCC1(CCOC)CCCC1. The highest BCUT2D eigenvalue weighted by Gasteiger charge is 2.33. The van der Waals surface area contributed by atoms with E-state index in [2.05, 4.69) is 46.8 Å². The first-order valence-corrected chi connectivity index (χ1v) is 11.3. The molecule has 162 valence electrons. The van der Waals surface area contributed by atoms with Crippen LogP contribution in [-0.2, 0) is 9.47 Å². The Morgan fingerprint density at radius 3 is 2.62 bits per heavy atom. The molecule has 0 bridgehead atoms. The van der Waals surface area contributed by atoms with E-state index >= 15 is 0 Å². The normalized spacial score (nSPS) is 24.4. The number of methoxy groups -OCH3 is 1. The lowest BCUT2D eigenvalue weighted by molar-refractivity contribution is -0.0265. The van der Waals surface area contributed by atoms with E-state index in [-0.39, 0.29) is 6.10 Å². The van der Waals surface area contributed by atoms with Gasteiger partial charge in [-0.05, 0) is 50.0 Å². The zero-order valence-electron chi connectivity index (χ0n) is 18.5. The summed E-state index contributed by atoms with van der Waals surface area (Å²) < 4.78 is 11.5. The van der Waals surface area contributed by atoms with E-state index in [1.807, 2.05) is 7.05 Å². The van der Waals surface area contributed by atoms with Crippen LogP contribution in [0.15, 0.2) is 29.3 Å². The van der Waals surface area contributed by atoms with Crippen molar-refractivity contribution in [2.45, 2.75) is 58.0 Å². The number of guanidine groups is 1. The van der Waals surface area contributed by atoms with E-state index in [9.17, 15) is 0 Å². The second-order valence-corrected chi connectivity index (χ2v) is 8.86. The number of rotatable bonds is 8. The Morgan fingerprint density at radius 2 is 1.93 bits per heavy atom. The van der Waals surface area contributed by atoms with Crippen LogP contribution in [0.5, 0.6) is 0 Å². The number of aryl methyl sites for hydroxylation is 1. The molecule has 1 saturated carbocycles. The smallest absolute Gasteiger partial charge is 0.191 e. The minimum atomic E-state index is 0.165. The number of nitrogens with zero attached hydrogens (tertiary/aromatic N) is 1. The van der Waals surface area contributed by atoms with E-state index < -0.39 is 0 Å². The van der Waals surface area contributed by atoms with Gasteiger partial charge in [0.05, 0.1) is 6.10 Å². The molecule has 1 saturated heterocycles. The molecule has 1 aliphatic carbocycles. The largest absolute Gasteiger partial charge is 0.385 e. The highest BCUT2D eigenvalue weighted by atomic mass is 16.5. The summed E-state index contributed by atoms with van der Waals surface area (Å²) in [5.41, 5.74) is 2.93. The predicted molar refractivity (Wildman–Crippen MR) is 119 cm³/mol. The Balaban J connectivity index is 1.54. The molecule has 0 aromatic heterocycles. The van der Waals surface area contributed by atoms with Crippen molar-refractivity contribution in [3.05, 3.63) is 35.4 Å². The van der Waals surface area contributed by atoms with Gasteiger partial charge in [0.15, 0.2) is 5.96 Å². The summed E-state index contributed by atoms with van der Waals surface area (Å²) in [7, 11) is 3.66. The van der Waals surface area contributed by atoms with Crippen LogP contribution in [0.25, 0.3) is 0 Å². The summed E-state index contributed by atoms with van der Waals surface area (Å²) in [4.78, 5) is 4.48. The highest BCUT2D eigenvalue weighted by Crippen LogP contribution is 2.40. The summed E-state index contributed by atoms with van der Waals surface area (Å²) in [5, 5.41) is 7.18. The molecule has 2 aliphatic rings. The molecule has 3 rings (SSSR count). The van der Waals surface area contributed by atoms with Gasteiger partial charge in [-0.2, -0.15) is 0 Å². The van der Waals surface area contributed by atoms with Gasteiger partial charge in [-0.15, -0.1) is 0 Å². The van der Waals surface area contributed by atoms with Crippen molar-refractivity contribution in [1.82, 2.24) is 10.6 Å². The molecule has 2 atom stereocenters. The molecular formula is C24H39N3O2. The lowest BCUT2D eigenvalue weighted by Crippen LogP contribution is -2.45. The minimum absolute atomic E-state index is 0.165. The molecule has 2 fully saturated rings. The summed E-state index contributed by atoms with van der Waals surface area (Å²) in [5.74, 6) is 1.36. The van der Waals surface area contributed by atoms with Crippen LogP contribution in [0, 0.1) is 18.3 Å². The first-order chi connectivity index (χ1) is 14.2. The number of hydrogen-bond acceptors (Lipinski definition) is 3. The second-order valence-electron chi connectivity index (χ2n) is 8.86. The third-order valence-electron chi connectivity index (χ3n) is 6.74.